The zero-order valence-corrected chi connectivity index (χ0v) is 19.2. The number of aromatic nitrogens is 4. The van der Waals surface area contributed by atoms with E-state index in [0.29, 0.717) is 18.9 Å². The first kappa shape index (κ1) is 21.2. The molecular weight excluding hydrogens is 432 g/mol. The molecule has 4 heterocycles. The van der Waals surface area contributed by atoms with Crippen molar-refractivity contribution in [3.63, 3.8) is 0 Å². The summed E-state index contributed by atoms with van der Waals surface area (Å²) in [5.41, 5.74) is 3.40. The van der Waals surface area contributed by atoms with Crippen LogP contribution in [-0.4, -0.2) is 84.9 Å². The van der Waals surface area contributed by atoms with Gasteiger partial charge in [0.1, 0.15) is 6.04 Å². The van der Waals surface area contributed by atoms with Crippen LogP contribution in [-0.2, 0) is 16.0 Å². The molecule has 1 aromatic carbocycles. The highest BCUT2D eigenvalue weighted by Gasteiger charge is 2.53. The Labute approximate surface area is 197 Å². The minimum absolute atomic E-state index is 0.0401. The first-order valence-electron chi connectivity index (χ1n) is 12.2. The third-order valence-electron chi connectivity index (χ3n) is 8.06. The highest BCUT2D eigenvalue weighted by molar-refractivity contribution is 5.87. The van der Waals surface area contributed by atoms with E-state index < -0.39 is 0 Å². The van der Waals surface area contributed by atoms with Crippen LogP contribution in [0.5, 0.6) is 0 Å². The van der Waals surface area contributed by atoms with Crippen LogP contribution >= 0.6 is 0 Å². The summed E-state index contributed by atoms with van der Waals surface area (Å²) in [4.78, 5) is 32.4. The number of hydrogen-bond donors (Lipinski definition) is 1. The smallest absolute Gasteiger partial charge is 0.240 e. The summed E-state index contributed by atoms with van der Waals surface area (Å²) in [5.74, 6) is 0.590. The molecule has 3 fully saturated rings. The van der Waals surface area contributed by atoms with Gasteiger partial charge in [-0.1, -0.05) is 19.1 Å². The van der Waals surface area contributed by atoms with E-state index in [-0.39, 0.29) is 41.9 Å². The number of H-pyrrole nitrogens is 1. The van der Waals surface area contributed by atoms with E-state index in [4.69, 9.17) is 0 Å². The van der Waals surface area contributed by atoms with Gasteiger partial charge in [0.25, 0.3) is 0 Å². The quantitative estimate of drug-likeness (QED) is 0.713. The highest BCUT2D eigenvalue weighted by atomic mass is 16.2. The highest BCUT2D eigenvalue weighted by Crippen LogP contribution is 2.44. The topological polar surface area (TPSA) is 122 Å². The molecule has 10 heteroatoms. The van der Waals surface area contributed by atoms with Gasteiger partial charge in [-0.3, -0.25) is 14.5 Å². The Balaban J connectivity index is 1.13. The fourth-order valence-corrected chi connectivity index (χ4v) is 6.48. The molecule has 0 radical (unpaired) electrons. The maximum atomic E-state index is 13.4. The fraction of sp³-hybridized carbons (Fsp3) is 0.583. The van der Waals surface area contributed by atoms with Gasteiger partial charge in [-0.15, -0.1) is 10.2 Å². The molecule has 3 saturated heterocycles. The van der Waals surface area contributed by atoms with Gasteiger partial charge in [-0.2, -0.15) is 10.5 Å². The number of aryl methyl sites for hydroxylation is 1. The van der Waals surface area contributed by atoms with Crippen molar-refractivity contribution in [3.8, 4) is 17.5 Å². The van der Waals surface area contributed by atoms with E-state index in [2.05, 4.69) is 48.6 Å². The Bertz CT molecular complexity index is 1160. The lowest BCUT2D eigenvalue weighted by Crippen LogP contribution is -2.53. The third-order valence-corrected chi connectivity index (χ3v) is 8.06. The number of carbonyl (C=O) groups excluding carboxylic acids is 2. The minimum Gasteiger partial charge on any atom is -0.330 e. The van der Waals surface area contributed by atoms with Crippen molar-refractivity contribution >= 4 is 11.8 Å². The van der Waals surface area contributed by atoms with E-state index in [9.17, 15) is 14.9 Å². The van der Waals surface area contributed by atoms with E-state index in [1.807, 2.05) is 13.0 Å². The molecule has 4 aliphatic rings. The van der Waals surface area contributed by atoms with Crippen molar-refractivity contribution in [2.45, 2.75) is 63.2 Å². The zero-order chi connectivity index (χ0) is 23.4. The molecule has 10 nitrogen and oxygen atoms in total. The van der Waals surface area contributed by atoms with Crippen LogP contribution in [0.25, 0.3) is 11.4 Å². The molecule has 1 aliphatic carbocycles. The largest absolute Gasteiger partial charge is 0.330 e. The lowest BCUT2D eigenvalue weighted by atomic mass is 10.0. The Hall–Kier alpha value is -3.32. The molecule has 0 unspecified atom stereocenters. The second-order valence-electron chi connectivity index (χ2n) is 10.0. The molecule has 176 valence electrons. The molecule has 6 rings (SSSR count). The standard InChI is InChI=1S/C24H28N8O2/c1-14(23(33)31-8-2-3-17(31)11-25)12-30-13-18-10-21(30)24(34)32(18)20-7-5-15-9-16(4-6-19(15)20)22-26-28-29-27-22/h4,6,9,14,17-18,20-21H,2-3,5,7-8,10,12-13H2,1H3,(H,26,27,28,29)/t14-,17-,18-,20-,21-/m0/s1. The van der Waals surface area contributed by atoms with Gasteiger partial charge in [0.2, 0.25) is 17.6 Å². The lowest BCUT2D eigenvalue weighted by Gasteiger charge is -2.38. The average Bonchev–Trinajstić information content (AvgIpc) is 3.66. The molecule has 2 amide bonds. The average molecular weight is 461 g/mol. The van der Waals surface area contributed by atoms with Crippen molar-refractivity contribution < 1.29 is 9.59 Å². The predicted octanol–water partition coefficient (Wildman–Crippen LogP) is 1.29. The van der Waals surface area contributed by atoms with Crippen LogP contribution in [0.3, 0.4) is 0 Å². The zero-order valence-electron chi connectivity index (χ0n) is 19.2. The van der Waals surface area contributed by atoms with Crippen LogP contribution in [0.15, 0.2) is 18.2 Å². The Morgan fingerprint density at radius 2 is 2.21 bits per heavy atom. The SMILES string of the molecule is C[C@@H](CN1C[C@@H]2C[C@H]1C(=O)N2[C@H]1CCc2cc(-c3nn[nH]n3)ccc21)C(=O)N1CCC[C@H]1C#N. The summed E-state index contributed by atoms with van der Waals surface area (Å²) < 4.78 is 0. The van der Waals surface area contributed by atoms with Crippen molar-refractivity contribution in [2.24, 2.45) is 5.92 Å². The van der Waals surface area contributed by atoms with Gasteiger partial charge >= 0.3 is 0 Å². The van der Waals surface area contributed by atoms with E-state index >= 15 is 0 Å². The molecule has 34 heavy (non-hydrogen) atoms. The molecule has 0 saturated carbocycles. The van der Waals surface area contributed by atoms with Gasteiger partial charge < -0.3 is 9.80 Å². The van der Waals surface area contributed by atoms with Gasteiger partial charge in [-0.05, 0) is 54.5 Å². The number of nitrogens with zero attached hydrogens (tertiary/aromatic N) is 7. The van der Waals surface area contributed by atoms with Gasteiger partial charge in [0, 0.05) is 37.2 Å². The monoisotopic (exact) mass is 460 g/mol. The third kappa shape index (κ3) is 3.29. The molecular formula is C24H28N8O2. The first-order chi connectivity index (χ1) is 16.5. The number of benzene rings is 1. The van der Waals surface area contributed by atoms with Gasteiger partial charge in [0.15, 0.2) is 0 Å². The number of piperazine rings is 1. The fourth-order valence-electron chi connectivity index (χ4n) is 6.48. The Morgan fingerprint density at radius 1 is 1.32 bits per heavy atom. The number of rotatable bonds is 5. The van der Waals surface area contributed by atoms with Crippen molar-refractivity contribution in [1.82, 2.24) is 35.3 Å². The van der Waals surface area contributed by atoms with Crippen LogP contribution < -0.4 is 0 Å². The van der Waals surface area contributed by atoms with Crippen LogP contribution in [0.1, 0.15) is 49.8 Å². The molecule has 1 N–H and O–H groups in total. The number of nitriles is 1. The molecule has 5 atom stereocenters. The van der Waals surface area contributed by atoms with E-state index in [0.717, 1.165) is 44.2 Å². The number of hydrogen-bond acceptors (Lipinski definition) is 7. The summed E-state index contributed by atoms with van der Waals surface area (Å²) in [6.45, 7) is 3.97. The first-order valence-corrected chi connectivity index (χ1v) is 12.2. The predicted molar refractivity (Wildman–Crippen MR) is 121 cm³/mol. The Morgan fingerprint density at radius 3 is 2.97 bits per heavy atom. The second kappa shape index (κ2) is 8.17. The van der Waals surface area contributed by atoms with Crippen molar-refractivity contribution in [3.05, 3.63) is 29.3 Å². The number of amides is 2. The molecule has 1 aromatic heterocycles. The van der Waals surface area contributed by atoms with Gasteiger partial charge in [0.05, 0.1) is 18.2 Å². The number of likely N-dealkylation sites (tertiary alicyclic amines) is 3. The molecule has 3 aliphatic heterocycles. The van der Waals surface area contributed by atoms with E-state index in [1.54, 1.807) is 4.90 Å². The number of nitrogens with one attached hydrogen (secondary N) is 1. The van der Waals surface area contributed by atoms with Gasteiger partial charge in [-0.25, -0.2) is 0 Å². The summed E-state index contributed by atoms with van der Waals surface area (Å²) in [6.07, 6.45) is 4.34. The van der Waals surface area contributed by atoms with Crippen LogP contribution in [0, 0.1) is 17.2 Å². The second-order valence-corrected chi connectivity index (χ2v) is 10.0. The summed E-state index contributed by atoms with van der Waals surface area (Å²) in [6, 6.07) is 8.34. The molecule has 2 aromatic rings. The van der Waals surface area contributed by atoms with Crippen LogP contribution in [0.4, 0.5) is 0 Å². The summed E-state index contributed by atoms with van der Waals surface area (Å²) in [5, 5.41) is 23.6. The number of aromatic amines is 1. The molecule has 0 spiro atoms. The van der Waals surface area contributed by atoms with Crippen LogP contribution in [0.2, 0.25) is 0 Å². The maximum Gasteiger partial charge on any atom is 0.240 e. The normalized spacial score (nSPS) is 29.0. The summed E-state index contributed by atoms with van der Waals surface area (Å²) in [7, 11) is 0. The van der Waals surface area contributed by atoms with Crippen molar-refractivity contribution in [2.75, 3.05) is 19.6 Å². The lowest BCUT2D eigenvalue weighted by molar-refractivity contribution is -0.142. The number of tetrazole rings is 1. The van der Waals surface area contributed by atoms with E-state index in [1.165, 1.54) is 11.1 Å². The maximum absolute atomic E-state index is 13.4. The number of carbonyl (C=O) groups is 2. The number of fused-ring (bicyclic) bond motifs is 3. The summed E-state index contributed by atoms with van der Waals surface area (Å²) >= 11 is 0. The molecule has 2 bridgehead atoms. The Kier molecular flexibility index (Phi) is 5.10. The van der Waals surface area contributed by atoms with Crippen molar-refractivity contribution in [1.29, 1.82) is 5.26 Å². The minimum atomic E-state index is -0.301.